The minimum atomic E-state index is -0.690. The first-order valence-corrected chi connectivity index (χ1v) is 6.18. The van der Waals surface area contributed by atoms with E-state index in [4.69, 9.17) is 11.6 Å². The molecule has 0 bridgehead atoms. The fourth-order valence-corrected chi connectivity index (χ4v) is 2.45. The Bertz CT molecular complexity index is 741. The molecule has 2 heterocycles. The van der Waals surface area contributed by atoms with Crippen LogP contribution in [0.1, 0.15) is 26.5 Å². The molecule has 0 atom stereocenters. The van der Waals surface area contributed by atoms with Crippen LogP contribution in [-0.2, 0) is 6.54 Å². The molecule has 0 aliphatic carbocycles. The minimum Gasteiger partial charge on any atom is -0.336 e. The molecule has 0 saturated heterocycles. The highest BCUT2D eigenvalue weighted by atomic mass is 35.5. The van der Waals surface area contributed by atoms with Gasteiger partial charge in [0.2, 0.25) is 0 Å². The van der Waals surface area contributed by atoms with E-state index in [-0.39, 0.29) is 23.7 Å². The zero-order valence-corrected chi connectivity index (χ0v) is 11.2. The first-order valence-electron chi connectivity index (χ1n) is 5.80. The molecule has 0 spiro atoms. The largest absolute Gasteiger partial charge is 0.336 e. The number of amides is 1. The Labute approximate surface area is 118 Å². The lowest BCUT2D eigenvalue weighted by Crippen LogP contribution is -2.25. The van der Waals surface area contributed by atoms with E-state index in [0.29, 0.717) is 11.4 Å². The minimum absolute atomic E-state index is 0.100. The van der Waals surface area contributed by atoms with Gasteiger partial charge in [0.15, 0.2) is 0 Å². The summed E-state index contributed by atoms with van der Waals surface area (Å²) in [6, 6.07) is 3.91. The molecule has 20 heavy (non-hydrogen) atoms. The third-order valence-corrected chi connectivity index (χ3v) is 3.41. The lowest BCUT2D eigenvalue weighted by atomic mass is 10.1. The third kappa shape index (κ3) is 1.80. The summed E-state index contributed by atoms with van der Waals surface area (Å²) in [5.41, 5.74) is 1.30. The van der Waals surface area contributed by atoms with Gasteiger partial charge >= 0.3 is 0 Å². The average molecular weight is 294 g/mol. The molecule has 0 fully saturated rings. The van der Waals surface area contributed by atoms with Crippen LogP contribution in [0.5, 0.6) is 0 Å². The van der Waals surface area contributed by atoms with Crippen molar-refractivity contribution in [1.29, 1.82) is 0 Å². The van der Waals surface area contributed by atoms with E-state index in [0.717, 1.165) is 0 Å². The number of aromatic nitrogens is 2. The Morgan fingerprint density at radius 3 is 2.90 bits per heavy atom. The number of imidazole rings is 1. The van der Waals surface area contributed by atoms with Gasteiger partial charge in [-0.1, -0.05) is 0 Å². The summed E-state index contributed by atoms with van der Waals surface area (Å²) in [6.07, 6.45) is 1.41. The number of carbonyl (C=O) groups excluding carboxylic acids is 2. The molecular weight excluding hydrogens is 285 g/mol. The lowest BCUT2D eigenvalue weighted by Gasteiger charge is -2.14. The van der Waals surface area contributed by atoms with E-state index >= 15 is 0 Å². The molecule has 102 valence electrons. The van der Waals surface area contributed by atoms with Crippen LogP contribution in [0.2, 0.25) is 0 Å². The third-order valence-electron chi connectivity index (χ3n) is 3.23. The van der Waals surface area contributed by atoms with Crippen LogP contribution in [0.25, 0.3) is 5.69 Å². The van der Waals surface area contributed by atoms with Gasteiger partial charge in [-0.25, -0.2) is 9.37 Å². The highest BCUT2D eigenvalue weighted by molar-refractivity contribution is 6.67. The quantitative estimate of drug-likeness (QED) is 0.756. The molecule has 5 nitrogen and oxygen atoms in total. The maximum atomic E-state index is 13.4. The number of hydrogen-bond donors (Lipinski definition) is 0. The Kier molecular flexibility index (Phi) is 2.83. The second-order valence-corrected chi connectivity index (χ2v) is 4.85. The summed E-state index contributed by atoms with van der Waals surface area (Å²) in [6.45, 7) is 0.170. The zero-order chi connectivity index (χ0) is 14.4. The normalized spacial score (nSPS) is 13.8. The topological polar surface area (TPSA) is 55.2 Å². The molecule has 7 heteroatoms. The molecule has 2 aromatic rings. The van der Waals surface area contributed by atoms with Crippen molar-refractivity contribution in [2.75, 3.05) is 7.05 Å². The van der Waals surface area contributed by atoms with Crippen molar-refractivity contribution in [1.82, 2.24) is 14.5 Å². The van der Waals surface area contributed by atoms with Crippen molar-refractivity contribution in [3.05, 3.63) is 47.3 Å². The number of nitrogens with zero attached hydrogens (tertiary/aromatic N) is 3. The number of hydrogen-bond acceptors (Lipinski definition) is 3. The molecular formula is C13H9ClFN3O2. The van der Waals surface area contributed by atoms with Crippen molar-refractivity contribution in [3.63, 3.8) is 0 Å². The fourth-order valence-electron chi connectivity index (χ4n) is 2.29. The standard InChI is InChI=1S/C13H9ClFN3O2/c1-17-5-10-11(12(14)19)16-6-18(10)9-3-2-7(15)4-8(9)13(17)20/h2-4,6H,5H2,1H3. The van der Waals surface area contributed by atoms with Gasteiger partial charge in [-0.3, -0.25) is 14.2 Å². The summed E-state index contributed by atoms with van der Waals surface area (Å²) in [5, 5.41) is -0.690. The van der Waals surface area contributed by atoms with Gasteiger partial charge in [-0.05, 0) is 29.8 Å². The van der Waals surface area contributed by atoms with Crippen LogP contribution in [-0.4, -0.2) is 32.6 Å². The Morgan fingerprint density at radius 1 is 1.45 bits per heavy atom. The molecule has 3 rings (SSSR count). The molecule has 1 aliphatic heterocycles. The molecule has 0 N–H and O–H groups in total. The molecule has 0 saturated carbocycles. The van der Waals surface area contributed by atoms with Crippen molar-refractivity contribution in [3.8, 4) is 5.69 Å². The summed E-state index contributed by atoms with van der Waals surface area (Å²) >= 11 is 5.49. The van der Waals surface area contributed by atoms with E-state index in [9.17, 15) is 14.0 Å². The predicted octanol–water partition coefficient (Wildman–Crippen LogP) is 1.98. The van der Waals surface area contributed by atoms with E-state index in [2.05, 4.69) is 4.98 Å². The molecule has 1 amide bonds. The molecule has 1 aliphatic rings. The number of rotatable bonds is 1. The summed E-state index contributed by atoms with van der Waals surface area (Å²) in [4.78, 5) is 29.0. The van der Waals surface area contributed by atoms with Crippen molar-refractivity contribution >= 4 is 22.8 Å². The van der Waals surface area contributed by atoms with E-state index < -0.39 is 11.1 Å². The SMILES string of the molecule is CN1Cc2c(C(=O)Cl)ncn2-c2ccc(F)cc2C1=O. The van der Waals surface area contributed by atoms with Crippen molar-refractivity contribution < 1.29 is 14.0 Å². The fraction of sp³-hybridized carbons (Fsp3) is 0.154. The van der Waals surface area contributed by atoms with Gasteiger partial charge in [0.05, 0.1) is 23.5 Å². The Morgan fingerprint density at radius 2 is 2.20 bits per heavy atom. The van der Waals surface area contributed by atoms with Gasteiger partial charge in [0.25, 0.3) is 11.1 Å². The maximum absolute atomic E-state index is 13.4. The van der Waals surface area contributed by atoms with Gasteiger partial charge in [0.1, 0.15) is 17.8 Å². The van der Waals surface area contributed by atoms with Gasteiger partial charge in [-0.2, -0.15) is 0 Å². The number of fused-ring (bicyclic) bond motifs is 3. The first kappa shape index (κ1) is 12.8. The van der Waals surface area contributed by atoms with Crippen molar-refractivity contribution in [2.45, 2.75) is 6.54 Å². The molecule has 1 aromatic carbocycles. The number of halogens is 2. The van der Waals surface area contributed by atoms with E-state index in [1.54, 1.807) is 11.6 Å². The average Bonchev–Trinajstić information content (AvgIpc) is 2.77. The number of benzene rings is 1. The highest BCUT2D eigenvalue weighted by Crippen LogP contribution is 2.26. The highest BCUT2D eigenvalue weighted by Gasteiger charge is 2.28. The van der Waals surface area contributed by atoms with Crippen LogP contribution >= 0.6 is 11.6 Å². The summed E-state index contributed by atoms with van der Waals surface area (Å²) < 4.78 is 15.0. The van der Waals surface area contributed by atoms with E-state index in [1.807, 2.05) is 0 Å². The van der Waals surface area contributed by atoms with Gasteiger partial charge < -0.3 is 4.90 Å². The monoisotopic (exact) mass is 293 g/mol. The molecule has 0 unspecified atom stereocenters. The Balaban J connectivity index is 2.31. The van der Waals surface area contributed by atoms with Crippen molar-refractivity contribution in [2.24, 2.45) is 0 Å². The van der Waals surface area contributed by atoms with Gasteiger partial charge in [0, 0.05) is 7.05 Å². The van der Waals surface area contributed by atoms with Gasteiger partial charge in [-0.15, -0.1) is 0 Å². The summed E-state index contributed by atoms with van der Waals surface area (Å²) in [5.74, 6) is -0.820. The summed E-state index contributed by atoms with van der Waals surface area (Å²) in [7, 11) is 1.57. The smallest absolute Gasteiger partial charge is 0.272 e. The predicted molar refractivity (Wildman–Crippen MR) is 69.5 cm³/mol. The zero-order valence-electron chi connectivity index (χ0n) is 10.4. The molecule has 0 radical (unpaired) electrons. The van der Waals surface area contributed by atoms with E-state index in [1.165, 1.54) is 29.4 Å². The second kappa shape index (κ2) is 4.42. The van der Waals surface area contributed by atoms with Crippen LogP contribution in [0.15, 0.2) is 24.5 Å². The van der Waals surface area contributed by atoms with Crippen LogP contribution in [0.4, 0.5) is 4.39 Å². The number of carbonyl (C=O) groups is 2. The Hall–Kier alpha value is -2.21. The van der Waals surface area contributed by atoms with Crippen LogP contribution in [0, 0.1) is 5.82 Å². The van der Waals surface area contributed by atoms with Crippen LogP contribution in [0.3, 0.4) is 0 Å². The molecule has 1 aromatic heterocycles. The maximum Gasteiger partial charge on any atom is 0.272 e. The lowest BCUT2D eigenvalue weighted by molar-refractivity contribution is 0.0786. The van der Waals surface area contributed by atoms with Crippen LogP contribution < -0.4 is 0 Å². The second-order valence-electron chi connectivity index (χ2n) is 4.51. The first-order chi connectivity index (χ1) is 9.49.